The molecule has 0 aliphatic heterocycles. The Morgan fingerprint density at radius 2 is 1.95 bits per heavy atom. The summed E-state index contributed by atoms with van der Waals surface area (Å²) >= 11 is 3.41. The second-order valence-corrected chi connectivity index (χ2v) is 4.52. The molecule has 0 amide bonds. The maximum absolute atomic E-state index is 13.6. The van der Waals surface area contributed by atoms with Crippen LogP contribution >= 0.6 is 15.9 Å². The molecule has 0 saturated heterocycles. The van der Waals surface area contributed by atoms with Crippen LogP contribution in [0.25, 0.3) is 5.65 Å². The van der Waals surface area contributed by atoms with Gasteiger partial charge in [-0.15, -0.1) is 0 Å². The Morgan fingerprint density at radius 1 is 1.16 bits per heavy atom. The van der Waals surface area contributed by atoms with Crippen molar-refractivity contribution in [2.24, 2.45) is 0 Å². The number of fused-ring (bicyclic) bond motifs is 1. The zero-order valence-electron chi connectivity index (χ0n) is 9.88. The topological polar surface area (TPSA) is 26.5 Å². The quantitative estimate of drug-likeness (QED) is 0.677. The lowest BCUT2D eigenvalue weighted by Gasteiger charge is -2.05. The lowest BCUT2D eigenvalue weighted by atomic mass is 10.3. The first-order valence-electron chi connectivity index (χ1n) is 5.74. The Morgan fingerprint density at radius 3 is 2.74 bits per heavy atom. The molecule has 0 aliphatic carbocycles. The highest BCUT2D eigenvalue weighted by atomic mass is 79.9. The molecule has 2 heterocycles. The van der Waals surface area contributed by atoms with Crippen molar-refractivity contribution in [1.29, 1.82) is 0 Å². The zero-order valence-corrected chi connectivity index (χ0v) is 11.5. The summed E-state index contributed by atoms with van der Waals surface area (Å²) in [5.74, 6) is 0.182. The van der Waals surface area contributed by atoms with Gasteiger partial charge in [-0.25, -0.2) is 4.39 Å². The molecule has 0 radical (unpaired) electrons. The molecular weight excluding hydrogens is 311 g/mol. The highest BCUT2D eigenvalue weighted by Gasteiger charge is 2.14. The van der Waals surface area contributed by atoms with Crippen molar-refractivity contribution < 1.29 is 9.13 Å². The van der Waals surface area contributed by atoms with Gasteiger partial charge in [-0.1, -0.05) is 34.1 Å². The number of benzene rings is 1. The summed E-state index contributed by atoms with van der Waals surface area (Å²) in [4.78, 5) is 4.36. The van der Waals surface area contributed by atoms with Crippen LogP contribution in [0.1, 0.15) is 5.69 Å². The highest BCUT2D eigenvalue weighted by molar-refractivity contribution is 9.08. The number of hydrogen-bond donors (Lipinski definition) is 0. The van der Waals surface area contributed by atoms with E-state index >= 15 is 0 Å². The minimum Gasteiger partial charge on any atom is -0.434 e. The molecule has 0 fully saturated rings. The monoisotopic (exact) mass is 320 g/mol. The Hall–Kier alpha value is -1.88. The minimum absolute atomic E-state index is 0.174. The van der Waals surface area contributed by atoms with Gasteiger partial charge in [-0.05, 0) is 24.3 Å². The van der Waals surface area contributed by atoms with Crippen molar-refractivity contribution >= 4 is 21.6 Å². The van der Waals surface area contributed by atoms with E-state index in [2.05, 4.69) is 20.9 Å². The first-order chi connectivity index (χ1) is 9.29. The van der Waals surface area contributed by atoms with E-state index in [0.29, 0.717) is 11.2 Å². The molecule has 3 aromatic rings. The lowest BCUT2D eigenvalue weighted by molar-refractivity contribution is 0.426. The number of para-hydroxylation sites is 1. The van der Waals surface area contributed by atoms with Crippen molar-refractivity contribution in [3.05, 3.63) is 60.2 Å². The summed E-state index contributed by atoms with van der Waals surface area (Å²) < 4.78 is 21.1. The first-order valence-corrected chi connectivity index (χ1v) is 6.86. The molecule has 1 aromatic carbocycles. The molecule has 0 spiro atoms. The standard InChI is InChI=1S/C14H10BrFN2O/c15-9-11-14(17-13-7-3-4-8-18(11)13)19-12-6-2-1-5-10(12)16/h1-8H,9H2. The van der Waals surface area contributed by atoms with E-state index < -0.39 is 5.82 Å². The lowest BCUT2D eigenvalue weighted by Crippen LogP contribution is -1.93. The molecule has 96 valence electrons. The molecule has 2 aromatic heterocycles. The van der Waals surface area contributed by atoms with Crippen LogP contribution in [0.2, 0.25) is 0 Å². The Bertz CT molecular complexity index is 726. The normalized spacial score (nSPS) is 10.8. The zero-order chi connectivity index (χ0) is 13.2. The molecule has 0 aliphatic rings. The number of ether oxygens (including phenoxy) is 1. The second-order valence-electron chi connectivity index (χ2n) is 3.96. The van der Waals surface area contributed by atoms with Gasteiger partial charge >= 0.3 is 0 Å². The van der Waals surface area contributed by atoms with E-state index in [1.54, 1.807) is 18.2 Å². The number of pyridine rings is 1. The average Bonchev–Trinajstić information content (AvgIpc) is 2.78. The van der Waals surface area contributed by atoms with Crippen LogP contribution in [-0.4, -0.2) is 9.38 Å². The van der Waals surface area contributed by atoms with E-state index in [1.165, 1.54) is 6.07 Å². The van der Waals surface area contributed by atoms with Crippen LogP contribution in [0.5, 0.6) is 11.6 Å². The molecular formula is C14H10BrFN2O. The van der Waals surface area contributed by atoms with Gasteiger partial charge in [0.1, 0.15) is 5.65 Å². The molecule has 3 nitrogen and oxygen atoms in total. The van der Waals surface area contributed by atoms with Crippen LogP contribution < -0.4 is 4.74 Å². The predicted octanol–water partition coefficient (Wildman–Crippen LogP) is 4.16. The van der Waals surface area contributed by atoms with E-state index in [0.717, 1.165) is 11.3 Å². The molecule has 0 unspecified atom stereocenters. The van der Waals surface area contributed by atoms with Crippen molar-refractivity contribution in [3.63, 3.8) is 0 Å². The number of nitrogens with zero attached hydrogens (tertiary/aromatic N) is 2. The van der Waals surface area contributed by atoms with Crippen LogP contribution in [0, 0.1) is 5.82 Å². The van der Waals surface area contributed by atoms with Crippen LogP contribution in [0.15, 0.2) is 48.7 Å². The van der Waals surface area contributed by atoms with E-state index in [9.17, 15) is 4.39 Å². The average molecular weight is 321 g/mol. The summed E-state index contributed by atoms with van der Waals surface area (Å²) in [6, 6.07) is 12.0. The van der Waals surface area contributed by atoms with Crippen molar-refractivity contribution in [2.75, 3.05) is 0 Å². The van der Waals surface area contributed by atoms with Gasteiger partial charge in [0, 0.05) is 11.5 Å². The third-order valence-corrected chi connectivity index (χ3v) is 3.29. The van der Waals surface area contributed by atoms with E-state index in [1.807, 2.05) is 28.8 Å². The summed E-state index contributed by atoms with van der Waals surface area (Å²) in [6.07, 6.45) is 1.90. The maximum Gasteiger partial charge on any atom is 0.242 e. The molecule has 3 rings (SSSR count). The van der Waals surface area contributed by atoms with Crippen LogP contribution in [-0.2, 0) is 5.33 Å². The number of alkyl halides is 1. The molecule has 0 atom stereocenters. The molecule has 19 heavy (non-hydrogen) atoms. The third kappa shape index (κ3) is 2.21. The Kier molecular flexibility index (Phi) is 3.21. The number of imidazole rings is 1. The van der Waals surface area contributed by atoms with Gasteiger partial charge in [-0.2, -0.15) is 4.98 Å². The van der Waals surface area contributed by atoms with Gasteiger partial charge in [0.25, 0.3) is 0 Å². The third-order valence-electron chi connectivity index (χ3n) is 2.76. The van der Waals surface area contributed by atoms with Crippen molar-refractivity contribution in [2.45, 2.75) is 5.33 Å². The fourth-order valence-electron chi connectivity index (χ4n) is 1.86. The number of aromatic nitrogens is 2. The van der Waals surface area contributed by atoms with Gasteiger partial charge in [0.2, 0.25) is 5.88 Å². The fraction of sp³-hybridized carbons (Fsp3) is 0.0714. The van der Waals surface area contributed by atoms with E-state index in [-0.39, 0.29) is 5.75 Å². The van der Waals surface area contributed by atoms with Gasteiger partial charge < -0.3 is 4.74 Å². The smallest absolute Gasteiger partial charge is 0.242 e. The second kappa shape index (κ2) is 5.01. The largest absolute Gasteiger partial charge is 0.434 e. The minimum atomic E-state index is -0.403. The summed E-state index contributed by atoms with van der Waals surface area (Å²) in [6.45, 7) is 0. The van der Waals surface area contributed by atoms with E-state index in [4.69, 9.17) is 4.74 Å². The van der Waals surface area contributed by atoms with Gasteiger partial charge in [0.15, 0.2) is 11.6 Å². The summed E-state index contributed by atoms with van der Waals surface area (Å²) in [5.41, 5.74) is 1.61. The maximum atomic E-state index is 13.6. The van der Waals surface area contributed by atoms with Crippen LogP contribution in [0.4, 0.5) is 4.39 Å². The predicted molar refractivity (Wildman–Crippen MR) is 74.3 cm³/mol. The van der Waals surface area contributed by atoms with Crippen molar-refractivity contribution in [1.82, 2.24) is 9.38 Å². The SMILES string of the molecule is Fc1ccccc1Oc1nc2ccccn2c1CBr. The molecule has 5 heteroatoms. The number of hydrogen-bond acceptors (Lipinski definition) is 2. The Labute approximate surface area is 117 Å². The van der Waals surface area contributed by atoms with Crippen LogP contribution in [0.3, 0.4) is 0 Å². The Balaban J connectivity index is 2.08. The van der Waals surface area contributed by atoms with Gasteiger partial charge in [-0.3, -0.25) is 4.40 Å². The highest BCUT2D eigenvalue weighted by Crippen LogP contribution is 2.28. The van der Waals surface area contributed by atoms with Crippen molar-refractivity contribution in [3.8, 4) is 11.6 Å². The summed E-state index contributed by atoms with van der Waals surface area (Å²) in [7, 11) is 0. The summed E-state index contributed by atoms with van der Waals surface area (Å²) in [5, 5.41) is 0.571. The van der Waals surface area contributed by atoms with Gasteiger partial charge in [0.05, 0.1) is 5.69 Å². The first kappa shape index (κ1) is 12.2. The molecule has 0 N–H and O–H groups in total. The number of rotatable bonds is 3. The fourth-order valence-corrected chi connectivity index (χ4v) is 2.37. The molecule has 0 bridgehead atoms. The number of halogens is 2. The molecule has 0 saturated carbocycles.